The third-order valence-electron chi connectivity index (χ3n) is 3.09. The molecule has 2 N–H and O–H groups in total. The van der Waals surface area contributed by atoms with Crippen LogP contribution in [-0.2, 0) is 12.1 Å². The molecule has 0 bridgehead atoms. The standard InChI is InChI=1S/C12H24N4O.ClH/c1-8(2)9(3)16(6)7-10-14-11(15-17-10)12(4,5)13;/h8-9H,7,13H2,1-6H3;1H. The molecule has 1 aromatic rings. The average Bonchev–Trinajstić information content (AvgIpc) is 2.64. The van der Waals surface area contributed by atoms with Crippen molar-refractivity contribution in [1.82, 2.24) is 15.0 Å². The molecule has 0 aromatic carbocycles. The Hall–Kier alpha value is -0.650. The maximum absolute atomic E-state index is 5.91. The van der Waals surface area contributed by atoms with Crippen LogP contribution < -0.4 is 5.73 Å². The van der Waals surface area contributed by atoms with Gasteiger partial charge in [0.05, 0.1) is 12.1 Å². The normalized spacial score (nSPS) is 13.8. The lowest BCUT2D eigenvalue weighted by molar-refractivity contribution is 0.177. The molecule has 18 heavy (non-hydrogen) atoms. The first-order valence-corrected chi connectivity index (χ1v) is 6.04. The van der Waals surface area contributed by atoms with Crippen molar-refractivity contribution in [3.8, 4) is 0 Å². The fraction of sp³-hybridized carbons (Fsp3) is 0.833. The summed E-state index contributed by atoms with van der Waals surface area (Å²) in [4.78, 5) is 6.52. The predicted octanol–water partition coefficient (Wildman–Crippen LogP) is 2.16. The second kappa shape index (κ2) is 6.50. The van der Waals surface area contributed by atoms with Crippen molar-refractivity contribution in [2.24, 2.45) is 11.7 Å². The summed E-state index contributed by atoms with van der Waals surface area (Å²) in [6.07, 6.45) is 0. The van der Waals surface area contributed by atoms with Gasteiger partial charge in [-0.1, -0.05) is 19.0 Å². The van der Waals surface area contributed by atoms with E-state index in [9.17, 15) is 0 Å². The summed E-state index contributed by atoms with van der Waals surface area (Å²) >= 11 is 0. The van der Waals surface area contributed by atoms with E-state index < -0.39 is 5.54 Å². The summed E-state index contributed by atoms with van der Waals surface area (Å²) in [6.45, 7) is 11.0. The Morgan fingerprint density at radius 1 is 1.33 bits per heavy atom. The summed E-state index contributed by atoms with van der Waals surface area (Å²) in [5.74, 6) is 1.76. The number of rotatable bonds is 5. The van der Waals surface area contributed by atoms with Crippen molar-refractivity contribution in [2.45, 2.75) is 52.7 Å². The molecule has 0 amide bonds. The highest BCUT2D eigenvalue weighted by Crippen LogP contribution is 2.15. The fourth-order valence-corrected chi connectivity index (χ4v) is 1.45. The summed E-state index contributed by atoms with van der Waals surface area (Å²) in [5, 5.41) is 3.91. The zero-order valence-corrected chi connectivity index (χ0v) is 12.9. The van der Waals surface area contributed by atoms with Gasteiger partial charge in [-0.2, -0.15) is 4.98 Å². The molecule has 0 radical (unpaired) electrons. The quantitative estimate of drug-likeness (QED) is 0.893. The SMILES string of the molecule is CC(C)C(C)N(C)Cc1nc(C(C)(C)N)no1.Cl. The maximum atomic E-state index is 5.91. The molecular weight excluding hydrogens is 252 g/mol. The molecule has 106 valence electrons. The van der Waals surface area contributed by atoms with Gasteiger partial charge in [-0.25, -0.2) is 0 Å². The first kappa shape index (κ1) is 17.4. The number of nitrogens with two attached hydrogens (primary N) is 1. The average molecular weight is 277 g/mol. The molecular formula is C12H25ClN4O. The Morgan fingerprint density at radius 2 is 1.89 bits per heavy atom. The molecule has 0 aliphatic rings. The van der Waals surface area contributed by atoms with Crippen LogP contribution >= 0.6 is 12.4 Å². The first-order valence-electron chi connectivity index (χ1n) is 6.04. The van der Waals surface area contributed by atoms with E-state index in [-0.39, 0.29) is 12.4 Å². The van der Waals surface area contributed by atoms with Crippen LogP contribution in [0.3, 0.4) is 0 Å². The van der Waals surface area contributed by atoms with E-state index in [1.165, 1.54) is 0 Å². The Labute approximate surface area is 116 Å². The van der Waals surface area contributed by atoms with Crippen molar-refractivity contribution < 1.29 is 4.52 Å². The third kappa shape index (κ3) is 4.55. The molecule has 1 rings (SSSR count). The van der Waals surface area contributed by atoms with E-state index in [1.54, 1.807) is 0 Å². The van der Waals surface area contributed by atoms with Crippen LogP contribution in [0.1, 0.15) is 46.3 Å². The van der Waals surface area contributed by atoms with Crippen LogP contribution in [0.4, 0.5) is 0 Å². The molecule has 1 unspecified atom stereocenters. The number of hydrogen-bond acceptors (Lipinski definition) is 5. The number of nitrogens with zero attached hydrogens (tertiary/aromatic N) is 3. The van der Waals surface area contributed by atoms with Crippen LogP contribution in [0.25, 0.3) is 0 Å². The molecule has 1 aromatic heterocycles. The third-order valence-corrected chi connectivity index (χ3v) is 3.09. The van der Waals surface area contributed by atoms with E-state index in [0.717, 1.165) is 0 Å². The Bertz CT molecular complexity index is 359. The monoisotopic (exact) mass is 276 g/mol. The van der Waals surface area contributed by atoms with Gasteiger partial charge in [-0.15, -0.1) is 12.4 Å². The van der Waals surface area contributed by atoms with Crippen LogP contribution in [0.15, 0.2) is 4.52 Å². The van der Waals surface area contributed by atoms with Gasteiger partial charge < -0.3 is 10.3 Å². The van der Waals surface area contributed by atoms with Gasteiger partial charge >= 0.3 is 0 Å². The molecule has 0 saturated carbocycles. The van der Waals surface area contributed by atoms with Crippen molar-refractivity contribution in [1.29, 1.82) is 0 Å². The van der Waals surface area contributed by atoms with E-state index in [4.69, 9.17) is 10.3 Å². The Morgan fingerprint density at radius 3 is 2.28 bits per heavy atom. The smallest absolute Gasteiger partial charge is 0.240 e. The van der Waals surface area contributed by atoms with Crippen molar-refractivity contribution >= 4 is 12.4 Å². The molecule has 1 heterocycles. The zero-order chi connectivity index (χ0) is 13.2. The van der Waals surface area contributed by atoms with Gasteiger partial charge in [-0.05, 0) is 33.7 Å². The molecule has 0 spiro atoms. The van der Waals surface area contributed by atoms with Gasteiger partial charge in [0, 0.05) is 6.04 Å². The minimum atomic E-state index is -0.552. The van der Waals surface area contributed by atoms with Crippen molar-refractivity contribution in [3.05, 3.63) is 11.7 Å². The lowest BCUT2D eigenvalue weighted by Crippen LogP contribution is -2.33. The summed E-state index contributed by atoms with van der Waals surface area (Å²) in [7, 11) is 2.06. The Balaban J connectivity index is 0.00000289. The van der Waals surface area contributed by atoms with Crippen LogP contribution in [0.5, 0.6) is 0 Å². The minimum Gasteiger partial charge on any atom is -0.338 e. The lowest BCUT2D eigenvalue weighted by atomic mass is 10.1. The minimum absolute atomic E-state index is 0. The highest BCUT2D eigenvalue weighted by atomic mass is 35.5. The van der Waals surface area contributed by atoms with Gasteiger partial charge in [-0.3, -0.25) is 4.90 Å². The molecule has 0 aliphatic heterocycles. The lowest BCUT2D eigenvalue weighted by Gasteiger charge is -2.26. The summed E-state index contributed by atoms with van der Waals surface area (Å²) in [6, 6.07) is 0.469. The molecule has 6 heteroatoms. The van der Waals surface area contributed by atoms with Gasteiger partial charge in [0.2, 0.25) is 5.89 Å². The van der Waals surface area contributed by atoms with E-state index in [2.05, 4.69) is 42.9 Å². The highest BCUT2D eigenvalue weighted by molar-refractivity contribution is 5.85. The van der Waals surface area contributed by atoms with Crippen LogP contribution in [0, 0.1) is 5.92 Å². The van der Waals surface area contributed by atoms with Crippen molar-refractivity contribution in [2.75, 3.05) is 7.05 Å². The highest BCUT2D eigenvalue weighted by Gasteiger charge is 2.22. The molecule has 0 aliphatic carbocycles. The largest absolute Gasteiger partial charge is 0.338 e. The topological polar surface area (TPSA) is 68.2 Å². The second-order valence-electron chi connectivity index (χ2n) is 5.63. The molecule has 0 saturated heterocycles. The molecule has 1 atom stereocenters. The first-order chi connectivity index (χ1) is 7.71. The van der Waals surface area contributed by atoms with Gasteiger partial charge in [0.1, 0.15) is 0 Å². The van der Waals surface area contributed by atoms with Gasteiger partial charge in [0.15, 0.2) is 5.82 Å². The molecule has 5 nitrogen and oxygen atoms in total. The van der Waals surface area contributed by atoms with Crippen LogP contribution in [0.2, 0.25) is 0 Å². The van der Waals surface area contributed by atoms with E-state index in [0.29, 0.717) is 30.2 Å². The number of hydrogen-bond donors (Lipinski definition) is 1. The fourth-order valence-electron chi connectivity index (χ4n) is 1.45. The number of halogens is 1. The van der Waals surface area contributed by atoms with Crippen LogP contribution in [-0.4, -0.2) is 28.1 Å². The Kier molecular flexibility index (Phi) is 6.26. The summed E-state index contributed by atoms with van der Waals surface area (Å²) < 4.78 is 5.21. The van der Waals surface area contributed by atoms with E-state index in [1.807, 2.05) is 13.8 Å². The van der Waals surface area contributed by atoms with Gasteiger partial charge in [0.25, 0.3) is 0 Å². The van der Waals surface area contributed by atoms with E-state index >= 15 is 0 Å². The van der Waals surface area contributed by atoms with Crippen molar-refractivity contribution in [3.63, 3.8) is 0 Å². The predicted molar refractivity (Wildman–Crippen MR) is 74.5 cm³/mol. The summed E-state index contributed by atoms with van der Waals surface area (Å²) in [5.41, 5.74) is 5.36. The number of aromatic nitrogens is 2. The molecule has 0 fully saturated rings. The zero-order valence-electron chi connectivity index (χ0n) is 12.1. The maximum Gasteiger partial charge on any atom is 0.240 e. The second-order valence-corrected chi connectivity index (χ2v) is 5.63.